The molecule has 0 bridgehead atoms. The summed E-state index contributed by atoms with van der Waals surface area (Å²) in [7, 11) is 0. The highest BCUT2D eigenvalue weighted by atomic mass is 19.3. The highest BCUT2D eigenvalue weighted by molar-refractivity contribution is 6.09. The van der Waals surface area contributed by atoms with Crippen molar-refractivity contribution in [1.29, 1.82) is 0 Å². The molecule has 2 aliphatic rings. The SMILES string of the molecule is C[C@H]1CCCCN1C(=O)CN1C(=O)N[C@](C)(c2ccc(OC(F)F)cc2)C1=O. The number of hydrogen-bond donors (Lipinski definition) is 1. The second-order valence-electron chi connectivity index (χ2n) is 7.28. The number of piperidine rings is 1. The second-order valence-corrected chi connectivity index (χ2v) is 7.28. The Balaban J connectivity index is 1.74. The van der Waals surface area contributed by atoms with Crippen LogP contribution in [0.15, 0.2) is 24.3 Å². The Morgan fingerprint density at radius 3 is 2.57 bits per heavy atom. The van der Waals surface area contributed by atoms with Crippen molar-refractivity contribution < 1.29 is 27.9 Å². The molecular formula is C19H23F2N3O4. The summed E-state index contributed by atoms with van der Waals surface area (Å²) in [4.78, 5) is 40.5. The molecule has 1 N–H and O–H groups in total. The maximum absolute atomic E-state index is 12.9. The Labute approximate surface area is 161 Å². The zero-order valence-corrected chi connectivity index (χ0v) is 15.8. The van der Waals surface area contributed by atoms with Crippen LogP contribution in [0.1, 0.15) is 38.7 Å². The minimum absolute atomic E-state index is 0.0507. The quantitative estimate of drug-likeness (QED) is 0.777. The van der Waals surface area contributed by atoms with Crippen molar-refractivity contribution in [3.63, 3.8) is 0 Å². The number of nitrogens with one attached hydrogen (secondary N) is 1. The number of nitrogens with zero attached hydrogens (tertiary/aromatic N) is 2. The van der Waals surface area contributed by atoms with Gasteiger partial charge in [0.1, 0.15) is 17.8 Å². The third kappa shape index (κ3) is 3.79. The molecule has 2 aliphatic heterocycles. The summed E-state index contributed by atoms with van der Waals surface area (Å²) in [5.74, 6) is -0.871. The molecule has 2 saturated heterocycles. The molecule has 0 spiro atoms. The van der Waals surface area contributed by atoms with Gasteiger partial charge in [-0.25, -0.2) is 4.79 Å². The molecule has 152 valence electrons. The molecule has 1 aromatic rings. The van der Waals surface area contributed by atoms with Crippen molar-refractivity contribution in [1.82, 2.24) is 15.1 Å². The summed E-state index contributed by atoms with van der Waals surface area (Å²) in [6, 6.07) is 4.90. The van der Waals surface area contributed by atoms with Gasteiger partial charge in [-0.3, -0.25) is 14.5 Å². The van der Waals surface area contributed by atoms with E-state index in [-0.39, 0.29) is 24.2 Å². The van der Waals surface area contributed by atoms with Gasteiger partial charge in [0.15, 0.2) is 0 Å². The molecule has 4 amide bonds. The Kier molecular flexibility index (Phi) is 5.53. The first-order valence-corrected chi connectivity index (χ1v) is 9.21. The fourth-order valence-electron chi connectivity index (χ4n) is 3.70. The van der Waals surface area contributed by atoms with Crippen LogP contribution in [0.3, 0.4) is 0 Å². The lowest BCUT2D eigenvalue weighted by molar-refractivity contribution is -0.140. The van der Waals surface area contributed by atoms with Crippen molar-refractivity contribution in [3.05, 3.63) is 29.8 Å². The first-order chi connectivity index (χ1) is 13.2. The number of imide groups is 1. The van der Waals surface area contributed by atoms with Crippen molar-refractivity contribution in [3.8, 4) is 5.75 Å². The van der Waals surface area contributed by atoms with Crippen LogP contribution >= 0.6 is 0 Å². The van der Waals surface area contributed by atoms with E-state index < -0.39 is 24.1 Å². The lowest BCUT2D eigenvalue weighted by atomic mass is 9.92. The topological polar surface area (TPSA) is 79.0 Å². The number of hydrogen-bond acceptors (Lipinski definition) is 4. The average molecular weight is 395 g/mol. The third-order valence-corrected chi connectivity index (χ3v) is 5.35. The summed E-state index contributed by atoms with van der Waals surface area (Å²) in [6.07, 6.45) is 2.86. The van der Waals surface area contributed by atoms with Crippen molar-refractivity contribution in [2.75, 3.05) is 13.1 Å². The smallest absolute Gasteiger partial charge is 0.387 e. The number of carbonyl (C=O) groups excluding carboxylic acids is 3. The van der Waals surface area contributed by atoms with Crippen LogP contribution in [0, 0.1) is 0 Å². The number of halogens is 2. The summed E-state index contributed by atoms with van der Waals surface area (Å²) >= 11 is 0. The fourth-order valence-corrected chi connectivity index (χ4v) is 3.70. The zero-order valence-electron chi connectivity index (χ0n) is 15.8. The first-order valence-electron chi connectivity index (χ1n) is 9.21. The second kappa shape index (κ2) is 7.73. The fraction of sp³-hybridized carbons (Fsp3) is 0.526. The van der Waals surface area contributed by atoms with Crippen LogP contribution in [0.5, 0.6) is 5.75 Å². The minimum Gasteiger partial charge on any atom is -0.435 e. The summed E-state index contributed by atoms with van der Waals surface area (Å²) in [5, 5.41) is 2.60. The van der Waals surface area contributed by atoms with E-state index in [0.29, 0.717) is 12.1 Å². The van der Waals surface area contributed by atoms with Gasteiger partial charge >= 0.3 is 12.6 Å². The van der Waals surface area contributed by atoms with E-state index >= 15 is 0 Å². The van der Waals surface area contributed by atoms with Crippen LogP contribution in [0.25, 0.3) is 0 Å². The summed E-state index contributed by atoms with van der Waals surface area (Å²) in [6.45, 7) is 0.817. The molecule has 0 aliphatic carbocycles. The zero-order chi connectivity index (χ0) is 20.5. The maximum atomic E-state index is 12.9. The molecular weight excluding hydrogens is 372 g/mol. The normalized spacial score (nSPS) is 25.2. The molecule has 0 saturated carbocycles. The number of amides is 4. The molecule has 1 aromatic carbocycles. The number of rotatable bonds is 5. The van der Waals surface area contributed by atoms with Gasteiger partial charge in [-0.2, -0.15) is 8.78 Å². The molecule has 0 unspecified atom stereocenters. The Hall–Kier alpha value is -2.71. The van der Waals surface area contributed by atoms with Gasteiger partial charge in [0, 0.05) is 12.6 Å². The Bertz CT molecular complexity index is 771. The number of carbonyl (C=O) groups is 3. The van der Waals surface area contributed by atoms with Gasteiger partial charge < -0.3 is 15.0 Å². The predicted molar refractivity (Wildman–Crippen MR) is 95.7 cm³/mol. The van der Waals surface area contributed by atoms with E-state index in [1.54, 1.807) is 4.90 Å². The molecule has 28 heavy (non-hydrogen) atoms. The number of benzene rings is 1. The lowest BCUT2D eigenvalue weighted by Gasteiger charge is -2.34. The average Bonchev–Trinajstić information content (AvgIpc) is 2.86. The summed E-state index contributed by atoms with van der Waals surface area (Å²) < 4.78 is 28.9. The number of urea groups is 1. The van der Waals surface area contributed by atoms with Crippen LogP contribution in [-0.4, -0.2) is 53.4 Å². The molecule has 2 atom stereocenters. The van der Waals surface area contributed by atoms with Gasteiger partial charge in [-0.15, -0.1) is 0 Å². The maximum Gasteiger partial charge on any atom is 0.387 e. The Morgan fingerprint density at radius 1 is 1.29 bits per heavy atom. The van der Waals surface area contributed by atoms with Gasteiger partial charge in [0.2, 0.25) is 5.91 Å². The monoisotopic (exact) mass is 395 g/mol. The molecule has 7 nitrogen and oxygen atoms in total. The van der Waals surface area contributed by atoms with Gasteiger partial charge in [-0.05, 0) is 50.8 Å². The molecule has 2 fully saturated rings. The van der Waals surface area contributed by atoms with E-state index in [4.69, 9.17) is 0 Å². The molecule has 0 aromatic heterocycles. The third-order valence-electron chi connectivity index (χ3n) is 5.35. The van der Waals surface area contributed by atoms with Crippen LogP contribution in [0.4, 0.5) is 13.6 Å². The molecule has 9 heteroatoms. The molecule has 0 radical (unpaired) electrons. The van der Waals surface area contributed by atoms with Gasteiger partial charge in [0.05, 0.1) is 0 Å². The van der Waals surface area contributed by atoms with Gasteiger partial charge in [-0.1, -0.05) is 12.1 Å². The van der Waals surface area contributed by atoms with E-state index in [9.17, 15) is 23.2 Å². The van der Waals surface area contributed by atoms with E-state index in [2.05, 4.69) is 10.1 Å². The first kappa shape index (κ1) is 20.0. The van der Waals surface area contributed by atoms with Gasteiger partial charge in [0.25, 0.3) is 5.91 Å². The van der Waals surface area contributed by atoms with E-state index in [0.717, 1.165) is 24.2 Å². The molecule has 2 heterocycles. The van der Waals surface area contributed by atoms with Crippen LogP contribution in [0.2, 0.25) is 0 Å². The lowest BCUT2D eigenvalue weighted by Crippen LogP contribution is -2.48. The standard InChI is InChI=1S/C19H23F2N3O4/c1-12-5-3-4-10-23(12)15(25)11-24-16(26)19(2,22-18(24)27)13-6-8-14(9-7-13)28-17(20)21/h6-9,12,17H,3-5,10-11H2,1-2H3,(H,22,27)/t12-,19+/m0/s1. The highest BCUT2D eigenvalue weighted by Crippen LogP contribution is 2.30. The number of likely N-dealkylation sites (tertiary alicyclic amines) is 1. The van der Waals surface area contributed by atoms with Crippen LogP contribution < -0.4 is 10.1 Å². The largest absolute Gasteiger partial charge is 0.435 e. The Morgan fingerprint density at radius 2 is 1.96 bits per heavy atom. The highest BCUT2D eigenvalue weighted by Gasteiger charge is 2.49. The number of ether oxygens (including phenoxy) is 1. The molecule has 3 rings (SSSR count). The predicted octanol–water partition coefficient (Wildman–Crippen LogP) is 2.46. The van der Waals surface area contributed by atoms with E-state index in [1.165, 1.54) is 31.2 Å². The van der Waals surface area contributed by atoms with Crippen molar-refractivity contribution in [2.24, 2.45) is 0 Å². The van der Waals surface area contributed by atoms with E-state index in [1.807, 2.05) is 6.92 Å². The minimum atomic E-state index is -2.95. The van der Waals surface area contributed by atoms with Crippen molar-refractivity contribution in [2.45, 2.75) is 51.3 Å². The number of alkyl halides is 2. The summed E-state index contributed by atoms with van der Waals surface area (Å²) in [5.41, 5.74) is -0.970. The van der Waals surface area contributed by atoms with Crippen molar-refractivity contribution >= 4 is 17.8 Å². The van der Waals surface area contributed by atoms with Crippen LogP contribution in [-0.2, 0) is 15.1 Å².